The average molecular weight is 541 g/mol. The van der Waals surface area contributed by atoms with Gasteiger partial charge < -0.3 is 10.6 Å². The van der Waals surface area contributed by atoms with Crippen LogP contribution < -0.4 is 21.5 Å². The molecule has 0 fully saturated rings. The van der Waals surface area contributed by atoms with Gasteiger partial charge in [-0.05, 0) is 72.5 Å². The second-order valence-corrected chi connectivity index (χ2v) is 8.82. The molecule has 0 aliphatic carbocycles. The van der Waals surface area contributed by atoms with Gasteiger partial charge in [0.2, 0.25) is 11.8 Å². The minimum absolute atomic E-state index is 0.0663. The van der Waals surface area contributed by atoms with Crippen molar-refractivity contribution in [3.05, 3.63) is 95.1 Å². The Morgan fingerprint density at radius 2 is 0.925 bits per heavy atom. The third-order valence-electron chi connectivity index (χ3n) is 5.51. The van der Waals surface area contributed by atoms with E-state index in [0.717, 1.165) is 24.0 Å². The van der Waals surface area contributed by atoms with Crippen LogP contribution in [0.3, 0.4) is 0 Å². The second kappa shape index (κ2) is 15.3. The summed E-state index contributed by atoms with van der Waals surface area (Å²) in [7, 11) is 0. The summed E-state index contributed by atoms with van der Waals surface area (Å²) in [5.41, 5.74) is 8.53. The number of nitrogens with zero attached hydrogens (tertiary/aromatic N) is 2. The smallest absolute Gasteiger partial charge is 0.271 e. The first-order valence-corrected chi connectivity index (χ1v) is 12.9. The lowest BCUT2D eigenvalue weighted by Crippen LogP contribution is -2.18. The predicted molar refractivity (Wildman–Crippen MR) is 157 cm³/mol. The number of nitrogens with one attached hydrogen (secondary N) is 4. The molecule has 0 atom stereocenters. The van der Waals surface area contributed by atoms with Crippen molar-refractivity contribution in [1.29, 1.82) is 0 Å². The first kappa shape index (κ1) is 29.4. The SMILES string of the molecule is CCCC(=O)Nc1ccc(C(=O)N/N=C/c2ccc(/C=N/NC(=O)c3ccc(NC(=O)CCC)cc3)cc2)cc1. The summed E-state index contributed by atoms with van der Waals surface area (Å²) < 4.78 is 0. The number of benzene rings is 3. The summed E-state index contributed by atoms with van der Waals surface area (Å²) >= 11 is 0. The topological polar surface area (TPSA) is 141 Å². The lowest BCUT2D eigenvalue weighted by atomic mass is 10.1. The Balaban J connectivity index is 1.44. The van der Waals surface area contributed by atoms with Gasteiger partial charge in [0.25, 0.3) is 11.8 Å². The molecule has 0 saturated carbocycles. The number of carbonyl (C=O) groups is 4. The lowest BCUT2D eigenvalue weighted by Gasteiger charge is -2.05. The summed E-state index contributed by atoms with van der Waals surface area (Å²) in [6.07, 6.45) is 5.43. The Morgan fingerprint density at radius 1 is 0.575 bits per heavy atom. The van der Waals surface area contributed by atoms with Crippen LogP contribution in [0.2, 0.25) is 0 Å². The Labute approximate surface area is 233 Å². The molecular formula is C30H32N6O4. The number of hydrazone groups is 2. The molecule has 206 valence electrons. The zero-order chi connectivity index (χ0) is 28.7. The zero-order valence-electron chi connectivity index (χ0n) is 22.4. The van der Waals surface area contributed by atoms with Crippen LogP contribution in [0.25, 0.3) is 0 Å². The van der Waals surface area contributed by atoms with Crippen LogP contribution in [0.1, 0.15) is 71.4 Å². The van der Waals surface area contributed by atoms with Crippen LogP contribution in [0, 0.1) is 0 Å². The molecule has 0 unspecified atom stereocenters. The average Bonchev–Trinajstić information content (AvgIpc) is 2.95. The molecule has 0 heterocycles. The van der Waals surface area contributed by atoms with E-state index < -0.39 is 0 Å². The number of anilines is 2. The van der Waals surface area contributed by atoms with Crippen LogP contribution in [-0.4, -0.2) is 36.1 Å². The molecule has 0 bridgehead atoms. The van der Waals surface area contributed by atoms with E-state index in [4.69, 9.17) is 0 Å². The minimum atomic E-state index is -0.377. The number of rotatable bonds is 12. The second-order valence-electron chi connectivity index (χ2n) is 8.82. The van der Waals surface area contributed by atoms with Crippen molar-refractivity contribution in [1.82, 2.24) is 10.9 Å². The van der Waals surface area contributed by atoms with Crippen molar-refractivity contribution in [3.8, 4) is 0 Å². The van der Waals surface area contributed by atoms with Gasteiger partial charge in [0.15, 0.2) is 0 Å². The standard InChI is InChI=1S/C30H32N6O4/c1-3-5-27(37)33-25-15-11-23(12-16-25)29(39)35-31-19-21-7-9-22(10-8-21)20-32-36-30(40)24-13-17-26(18-14-24)34-28(38)6-4-2/h7-20H,3-6H2,1-2H3,(H,33,37)(H,34,38)(H,35,39)(H,36,40)/b31-19+,32-20+. The lowest BCUT2D eigenvalue weighted by molar-refractivity contribution is -0.117. The molecule has 0 radical (unpaired) electrons. The molecule has 0 saturated heterocycles. The van der Waals surface area contributed by atoms with Crippen LogP contribution in [-0.2, 0) is 9.59 Å². The van der Waals surface area contributed by atoms with Gasteiger partial charge in [-0.1, -0.05) is 38.1 Å². The van der Waals surface area contributed by atoms with Crippen molar-refractivity contribution in [2.24, 2.45) is 10.2 Å². The van der Waals surface area contributed by atoms with Crippen molar-refractivity contribution in [3.63, 3.8) is 0 Å². The molecular weight excluding hydrogens is 508 g/mol. The quantitative estimate of drug-likeness (QED) is 0.195. The maximum absolute atomic E-state index is 12.3. The normalized spacial score (nSPS) is 10.8. The first-order chi connectivity index (χ1) is 19.4. The highest BCUT2D eigenvalue weighted by Gasteiger charge is 2.07. The van der Waals surface area contributed by atoms with E-state index in [1.807, 2.05) is 13.8 Å². The van der Waals surface area contributed by atoms with Crippen LogP contribution >= 0.6 is 0 Å². The van der Waals surface area contributed by atoms with Crippen LogP contribution in [0.15, 0.2) is 83.0 Å². The van der Waals surface area contributed by atoms with E-state index in [1.165, 1.54) is 12.4 Å². The van der Waals surface area contributed by atoms with Gasteiger partial charge in [-0.15, -0.1) is 0 Å². The van der Waals surface area contributed by atoms with Gasteiger partial charge in [-0.25, -0.2) is 10.9 Å². The summed E-state index contributed by atoms with van der Waals surface area (Å²) in [6.45, 7) is 3.86. The fraction of sp³-hybridized carbons (Fsp3) is 0.200. The molecule has 3 rings (SSSR count). The zero-order valence-corrected chi connectivity index (χ0v) is 22.4. The highest BCUT2D eigenvalue weighted by atomic mass is 16.2. The van der Waals surface area contributed by atoms with Gasteiger partial charge in [0.1, 0.15) is 0 Å². The fourth-order valence-electron chi connectivity index (χ4n) is 3.44. The van der Waals surface area contributed by atoms with E-state index in [9.17, 15) is 19.2 Å². The van der Waals surface area contributed by atoms with E-state index in [0.29, 0.717) is 35.3 Å². The number of hydrogen-bond donors (Lipinski definition) is 4. The third-order valence-corrected chi connectivity index (χ3v) is 5.51. The molecule has 0 aliphatic heterocycles. The molecule has 40 heavy (non-hydrogen) atoms. The summed E-state index contributed by atoms with van der Waals surface area (Å²) in [5, 5.41) is 13.5. The molecule has 10 heteroatoms. The highest BCUT2D eigenvalue weighted by Crippen LogP contribution is 2.11. The largest absolute Gasteiger partial charge is 0.326 e. The van der Waals surface area contributed by atoms with E-state index in [-0.39, 0.29) is 23.6 Å². The summed E-state index contributed by atoms with van der Waals surface area (Å²) in [6, 6.07) is 20.3. The fourth-order valence-corrected chi connectivity index (χ4v) is 3.44. The summed E-state index contributed by atoms with van der Waals surface area (Å²) in [4.78, 5) is 47.9. The Morgan fingerprint density at radius 3 is 1.25 bits per heavy atom. The van der Waals surface area contributed by atoms with E-state index in [2.05, 4.69) is 31.7 Å². The Kier molecular flexibility index (Phi) is 11.3. The Hall–Kier alpha value is -5.12. The molecule has 0 spiro atoms. The van der Waals surface area contributed by atoms with Gasteiger partial charge in [-0.3, -0.25) is 19.2 Å². The number of amides is 4. The van der Waals surface area contributed by atoms with E-state index >= 15 is 0 Å². The van der Waals surface area contributed by atoms with Crippen molar-refractivity contribution in [2.75, 3.05) is 10.6 Å². The molecule has 4 amide bonds. The number of carbonyl (C=O) groups excluding carboxylic acids is 4. The molecule has 3 aromatic rings. The Bertz CT molecular complexity index is 1260. The van der Waals surface area contributed by atoms with Gasteiger partial charge >= 0.3 is 0 Å². The maximum atomic E-state index is 12.3. The molecule has 0 aliphatic rings. The predicted octanol–water partition coefficient (Wildman–Crippen LogP) is 4.69. The molecule has 3 aromatic carbocycles. The van der Waals surface area contributed by atoms with Crippen LogP contribution in [0.5, 0.6) is 0 Å². The van der Waals surface area contributed by atoms with Gasteiger partial charge in [0.05, 0.1) is 12.4 Å². The van der Waals surface area contributed by atoms with Crippen molar-refractivity contribution in [2.45, 2.75) is 39.5 Å². The monoisotopic (exact) mass is 540 g/mol. The molecule has 4 N–H and O–H groups in total. The van der Waals surface area contributed by atoms with Crippen molar-refractivity contribution < 1.29 is 19.2 Å². The van der Waals surface area contributed by atoms with E-state index in [1.54, 1.807) is 72.8 Å². The maximum Gasteiger partial charge on any atom is 0.271 e. The molecule has 10 nitrogen and oxygen atoms in total. The molecule has 0 aromatic heterocycles. The number of hydrogen-bond acceptors (Lipinski definition) is 6. The summed E-state index contributed by atoms with van der Waals surface area (Å²) in [5.74, 6) is -0.886. The van der Waals surface area contributed by atoms with Gasteiger partial charge in [0, 0.05) is 35.3 Å². The first-order valence-electron chi connectivity index (χ1n) is 12.9. The van der Waals surface area contributed by atoms with Crippen molar-refractivity contribution >= 4 is 47.4 Å². The van der Waals surface area contributed by atoms with Gasteiger partial charge in [-0.2, -0.15) is 10.2 Å². The minimum Gasteiger partial charge on any atom is -0.326 e. The third kappa shape index (κ3) is 9.64. The van der Waals surface area contributed by atoms with Crippen LogP contribution in [0.4, 0.5) is 11.4 Å². The highest BCUT2D eigenvalue weighted by molar-refractivity contribution is 5.97.